The van der Waals surface area contributed by atoms with Gasteiger partial charge in [0.15, 0.2) is 0 Å². The zero-order chi connectivity index (χ0) is 13.4. The molecule has 0 bridgehead atoms. The fraction of sp³-hybridized carbons (Fsp3) is 0.818. The van der Waals surface area contributed by atoms with Gasteiger partial charge in [0.2, 0.25) is 0 Å². The van der Waals surface area contributed by atoms with E-state index >= 15 is 0 Å². The van der Waals surface area contributed by atoms with Crippen LogP contribution in [0.5, 0.6) is 0 Å². The van der Waals surface area contributed by atoms with Crippen LogP contribution in [0.1, 0.15) is 20.3 Å². The first-order valence-electron chi connectivity index (χ1n) is 5.65. The van der Waals surface area contributed by atoms with Crippen LogP contribution < -0.4 is 5.32 Å². The van der Waals surface area contributed by atoms with Gasteiger partial charge < -0.3 is 15.3 Å². The predicted molar refractivity (Wildman–Crippen MR) is 70.4 cm³/mol. The van der Waals surface area contributed by atoms with Crippen LogP contribution in [0, 0.1) is 5.92 Å². The molecule has 0 saturated carbocycles. The highest BCUT2D eigenvalue weighted by Gasteiger charge is 2.18. The minimum atomic E-state index is -0.888. The summed E-state index contributed by atoms with van der Waals surface area (Å²) in [6.07, 6.45) is 2.86. The minimum Gasteiger partial charge on any atom is -0.481 e. The van der Waals surface area contributed by atoms with Crippen LogP contribution >= 0.6 is 11.8 Å². The number of nitrogens with zero attached hydrogens (tertiary/aromatic N) is 1. The molecule has 0 spiro atoms. The molecule has 0 radical (unpaired) electrons. The van der Waals surface area contributed by atoms with E-state index in [1.54, 1.807) is 25.7 Å². The van der Waals surface area contributed by atoms with Crippen molar-refractivity contribution in [3.05, 3.63) is 0 Å². The van der Waals surface area contributed by atoms with E-state index in [1.807, 2.05) is 13.2 Å². The number of carbonyl (C=O) groups excluding carboxylic acids is 1. The summed E-state index contributed by atoms with van der Waals surface area (Å²) >= 11 is 1.68. The van der Waals surface area contributed by atoms with E-state index in [2.05, 4.69) is 5.32 Å². The molecular weight excluding hydrogens is 240 g/mol. The van der Waals surface area contributed by atoms with E-state index in [0.717, 1.165) is 12.2 Å². The van der Waals surface area contributed by atoms with Crippen LogP contribution in [0.15, 0.2) is 0 Å². The lowest BCUT2D eigenvalue weighted by Gasteiger charge is -2.23. The molecule has 2 N–H and O–H groups in total. The molecule has 0 aliphatic heterocycles. The lowest BCUT2D eigenvalue weighted by molar-refractivity contribution is -0.141. The summed E-state index contributed by atoms with van der Waals surface area (Å²) in [6.45, 7) is 3.82. The molecule has 100 valence electrons. The van der Waals surface area contributed by atoms with Gasteiger partial charge in [0.1, 0.15) is 0 Å². The molecule has 0 rings (SSSR count). The Morgan fingerprint density at radius 1 is 1.47 bits per heavy atom. The van der Waals surface area contributed by atoms with E-state index < -0.39 is 11.9 Å². The third-order valence-corrected chi connectivity index (χ3v) is 3.24. The summed E-state index contributed by atoms with van der Waals surface area (Å²) in [5.41, 5.74) is 0. The van der Waals surface area contributed by atoms with Crippen molar-refractivity contribution in [2.24, 2.45) is 5.92 Å². The lowest BCUT2D eigenvalue weighted by Crippen LogP contribution is -2.45. The zero-order valence-corrected chi connectivity index (χ0v) is 11.7. The molecule has 0 aliphatic carbocycles. The zero-order valence-electron chi connectivity index (χ0n) is 10.9. The quantitative estimate of drug-likeness (QED) is 0.729. The van der Waals surface area contributed by atoms with Crippen LogP contribution in [0.4, 0.5) is 4.79 Å². The number of thioether (sulfide) groups is 1. The topological polar surface area (TPSA) is 69.6 Å². The number of urea groups is 1. The highest BCUT2D eigenvalue weighted by molar-refractivity contribution is 7.98. The number of nitrogens with one attached hydrogen (secondary N) is 1. The van der Waals surface area contributed by atoms with Gasteiger partial charge in [-0.1, -0.05) is 13.8 Å². The lowest BCUT2D eigenvalue weighted by atomic mass is 10.2. The number of carbonyl (C=O) groups is 2. The van der Waals surface area contributed by atoms with Gasteiger partial charge >= 0.3 is 12.0 Å². The van der Waals surface area contributed by atoms with Crippen molar-refractivity contribution in [3.8, 4) is 0 Å². The molecule has 0 aromatic rings. The second-order valence-corrected chi connectivity index (χ2v) is 5.04. The number of aliphatic carboxylic acids is 1. The van der Waals surface area contributed by atoms with Gasteiger partial charge in [-0.05, 0) is 12.7 Å². The average molecular weight is 262 g/mol. The minimum absolute atomic E-state index is 0.139. The molecule has 0 aromatic heterocycles. The van der Waals surface area contributed by atoms with Crippen molar-refractivity contribution in [3.63, 3.8) is 0 Å². The molecular formula is C11H22N2O3S. The Kier molecular flexibility index (Phi) is 7.78. The molecule has 5 nitrogen and oxygen atoms in total. The van der Waals surface area contributed by atoms with E-state index in [0.29, 0.717) is 0 Å². The molecule has 0 saturated heterocycles. The van der Waals surface area contributed by atoms with Crippen molar-refractivity contribution < 1.29 is 14.7 Å². The number of amides is 2. The monoisotopic (exact) mass is 262 g/mol. The Morgan fingerprint density at radius 3 is 2.47 bits per heavy atom. The van der Waals surface area contributed by atoms with Gasteiger partial charge in [-0.2, -0.15) is 11.8 Å². The first-order valence-corrected chi connectivity index (χ1v) is 7.05. The number of carboxylic acids is 1. The Morgan fingerprint density at radius 2 is 2.06 bits per heavy atom. The average Bonchev–Trinajstić information content (AvgIpc) is 2.27. The van der Waals surface area contributed by atoms with Crippen LogP contribution in [-0.2, 0) is 4.79 Å². The van der Waals surface area contributed by atoms with Crippen LogP contribution in [0.3, 0.4) is 0 Å². The molecule has 2 unspecified atom stereocenters. The Balaban J connectivity index is 4.16. The van der Waals surface area contributed by atoms with Gasteiger partial charge in [0, 0.05) is 25.4 Å². The van der Waals surface area contributed by atoms with Gasteiger partial charge in [-0.15, -0.1) is 0 Å². The molecule has 0 aliphatic rings. The number of hydrogen-bond donors (Lipinski definition) is 2. The normalized spacial score (nSPS) is 13.9. The van der Waals surface area contributed by atoms with E-state index in [-0.39, 0.29) is 18.6 Å². The molecule has 2 atom stereocenters. The highest BCUT2D eigenvalue weighted by Crippen LogP contribution is 2.03. The fourth-order valence-corrected chi connectivity index (χ4v) is 2.04. The molecule has 0 heterocycles. The number of rotatable bonds is 7. The largest absolute Gasteiger partial charge is 0.481 e. The van der Waals surface area contributed by atoms with Crippen molar-refractivity contribution in [1.82, 2.24) is 10.2 Å². The second kappa shape index (κ2) is 8.22. The van der Waals surface area contributed by atoms with Gasteiger partial charge in [0.25, 0.3) is 0 Å². The van der Waals surface area contributed by atoms with Gasteiger partial charge in [-0.25, -0.2) is 4.79 Å². The van der Waals surface area contributed by atoms with Gasteiger partial charge in [0.05, 0.1) is 5.92 Å². The first-order chi connectivity index (χ1) is 7.92. The summed E-state index contributed by atoms with van der Waals surface area (Å²) in [7, 11) is 1.61. The summed E-state index contributed by atoms with van der Waals surface area (Å²) in [4.78, 5) is 23.9. The van der Waals surface area contributed by atoms with Crippen molar-refractivity contribution >= 4 is 23.8 Å². The Labute approximate surface area is 107 Å². The predicted octanol–water partition coefficient (Wildman–Crippen LogP) is 1.49. The first kappa shape index (κ1) is 16.1. The maximum atomic E-state index is 11.8. The molecule has 2 amide bonds. The van der Waals surface area contributed by atoms with E-state index in [4.69, 9.17) is 5.11 Å². The molecule has 17 heavy (non-hydrogen) atoms. The van der Waals surface area contributed by atoms with Crippen LogP contribution in [0.2, 0.25) is 0 Å². The summed E-state index contributed by atoms with van der Waals surface area (Å²) < 4.78 is 0. The SMILES string of the molecule is CCC(CSC)NC(=O)N(C)CC(C)C(=O)O. The highest BCUT2D eigenvalue weighted by atomic mass is 32.2. The van der Waals surface area contributed by atoms with Crippen molar-refractivity contribution in [2.75, 3.05) is 25.6 Å². The maximum Gasteiger partial charge on any atom is 0.317 e. The molecule has 0 aromatic carbocycles. The van der Waals surface area contributed by atoms with E-state index in [9.17, 15) is 9.59 Å². The summed E-state index contributed by atoms with van der Waals surface area (Å²) in [5, 5.41) is 11.6. The van der Waals surface area contributed by atoms with Crippen LogP contribution in [-0.4, -0.2) is 53.6 Å². The van der Waals surface area contributed by atoms with Crippen molar-refractivity contribution in [2.45, 2.75) is 26.3 Å². The third-order valence-electron chi connectivity index (χ3n) is 2.50. The summed E-state index contributed by atoms with van der Waals surface area (Å²) in [5.74, 6) is -0.572. The third kappa shape index (κ3) is 6.41. The molecule has 0 fully saturated rings. The van der Waals surface area contributed by atoms with Crippen molar-refractivity contribution in [1.29, 1.82) is 0 Å². The molecule has 6 heteroatoms. The Hall–Kier alpha value is -0.910. The van der Waals surface area contributed by atoms with Gasteiger partial charge in [-0.3, -0.25) is 4.79 Å². The Bertz CT molecular complexity index is 261. The number of hydrogen-bond acceptors (Lipinski definition) is 3. The fourth-order valence-electron chi connectivity index (χ4n) is 1.32. The standard InChI is InChI=1S/C11H22N2O3S/c1-5-9(7-17-4)12-11(16)13(3)6-8(2)10(14)15/h8-9H,5-7H2,1-4H3,(H,12,16)(H,14,15). The smallest absolute Gasteiger partial charge is 0.317 e. The maximum absolute atomic E-state index is 11.8. The summed E-state index contributed by atoms with van der Waals surface area (Å²) in [6, 6.07) is -0.0703. The second-order valence-electron chi connectivity index (χ2n) is 4.13. The number of carboxylic acid groups (broad SMARTS) is 1. The van der Waals surface area contributed by atoms with Crippen LogP contribution in [0.25, 0.3) is 0 Å². The van der Waals surface area contributed by atoms with E-state index in [1.165, 1.54) is 4.90 Å².